The Kier molecular flexibility index (Phi) is 6.92. The lowest BCUT2D eigenvalue weighted by Crippen LogP contribution is -2.45. The van der Waals surface area contributed by atoms with E-state index in [1.807, 2.05) is 4.90 Å². The fourth-order valence-corrected chi connectivity index (χ4v) is 3.55. The summed E-state index contributed by atoms with van der Waals surface area (Å²) >= 11 is 0. The van der Waals surface area contributed by atoms with E-state index in [1.165, 1.54) is 11.0 Å². The summed E-state index contributed by atoms with van der Waals surface area (Å²) in [7, 11) is -1.53. The van der Waals surface area contributed by atoms with E-state index in [1.54, 1.807) is 25.2 Å². The van der Waals surface area contributed by atoms with E-state index >= 15 is 0 Å². The lowest BCUT2D eigenvalue weighted by Gasteiger charge is -2.33. The summed E-state index contributed by atoms with van der Waals surface area (Å²) in [5, 5.41) is 0. The molecule has 1 aromatic rings. The normalized spacial score (nSPS) is 18.9. The maximum absolute atomic E-state index is 13.7. The van der Waals surface area contributed by atoms with Gasteiger partial charge in [-0.1, -0.05) is 18.2 Å². The first kappa shape index (κ1) is 19.8. The lowest BCUT2D eigenvalue weighted by atomic mass is 9.98. The van der Waals surface area contributed by atoms with Gasteiger partial charge in [0.25, 0.3) is 0 Å². The fourth-order valence-electron chi connectivity index (χ4n) is 3.01. The van der Waals surface area contributed by atoms with Crippen LogP contribution in [0.3, 0.4) is 0 Å². The van der Waals surface area contributed by atoms with Gasteiger partial charge >= 0.3 is 0 Å². The predicted octanol–water partition coefficient (Wildman–Crippen LogP) is 1.05. The molecule has 25 heavy (non-hydrogen) atoms. The number of nitrogens with zero attached hydrogens (tertiary/aromatic N) is 2. The quantitative estimate of drug-likeness (QED) is 0.778. The van der Waals surface area contributed by atoms with Crippen LogP contribution in [0, 0.1) is 11.7 Å². The number of nitrogens with one attached hydrogen (secondary N) is 1. The van der Waals surface area contributed by atoms with Crippen molar-refractivity contribution in [2.45, 2.75) is 19.4 Å². The van der Waals surface area contributed by atoms with Crippen LogP contribution in [0.15, 0.2) is 24.3 Å². The summed E-state index contributed by atoms with van der Waals surface area (Å²) in [6.07, 6.45) is 3.02. The number of piperidine rings is 1. The number of rotatable bonds is 7. The number of carbonyl (C=O) groups is 1. The molecule has 6 nitrogen and oxygen atoms in total. The molecule has 1 N–H and O–H groups in total. The van der Waals surface area contributed by atoms with Gasteiger partial charge in [0.2, 0.25) is 15.9 Å². The summed E-state index contributed by atoms with van der Waals surface area (Å²) in [6.45, 7) is 2.39. The third-order valence-electron chi connectivity index (χ3n) is 4.39. The van der Waals surface area contributed by atoms with Gasteiger partial charge in [-0.3, -0.25) is 9.69 Å². The van der Waals surface area contributed by atoms with E-state index in [-0.39, 0.29) is 30.7 Å². The maximum Gasteiger partial charge on any atom is 0.236 e. The van der Waals surface area contributed by atoms with Gasteiger partial charge in [-0.2, -0.15) is 0 Å². The summed E-state index contributed by atoms with van der Waals surface area (Å²) in [6, 6.07) is 6.43. The number of halogens is 1. The molecular weight excluding hydrogens is 345 g/mol. The molecule has 2 rings (SSSR count). The van der Waals surface area contributed by atoms with Gasteiger partial charge in [-0.05, 0) is 31.4 Å². The molecule has 1 aliphatic heterocycles. The molecule has 140 valence electrons. The molecule has 1 heterocycles. The largest absolute Gasteiger partial charge is 0.340 e. The summed E-state index contributed by atoms with van der Waals surface area (Å²) in [5.41, 5.74) is 0.493. The number of likely N-dealkylation sites (N-methyl/N-ethyl adjacent to an activating group) is 1. The molecule has 0 radical (unpaired) electrons. The van der Waals surface area contributed by atoms with Gasteiger partial charge in [0.05, 0.1) is 12.8 Å². The van der Waals surface area contributed by atoms with Crippen molar-refractivity contribution in [1.82, 2.24) is 14.5 Å². The smallest absolute Gasteiger partial charge is 0.236 e. The van der Waals surface area contributed by atoms with Crippen LogP contribution in [-0.2, 0) is 21.4 Å². The molecule has 8 heteroatoms. The van der Waals surface area contributed by atoms with E-state index < -0.39 is 10.0 Å². The van der Waals surface area contributed by atoms with Gasteiger partial charge in [-0.15, -0.1) is 0 Å². The van der Waals surface area contributed by atoms with Crippen molar-refractivity contribution in [1.29, 1.82) is 0 Å². The first-order valence-electron chi connectivity index (χ1n) is 8.39. The predicted molar refractivity (Wildman–Crippen MR) is 94.9 cm³/mol. The zero-order valence-corrected chi connectivity index (χ0v) is 15.6. The van der Waals surface area contributed by atoms with Crippen molar-refractivity contribution in [3.63, 3.8) is 0 Å². The Morgan fingerprint density at radius 1 is 1.40 bits per heavy atom. The number of carbonyl (C=O) groups excluding carboxylic acids is 1. The van der Waals surface area contributed by atoms with Gasteiger partial charge in [-0.25, -0.2) is 17.5 Å². The average molecular weight is 371 g/mol. The van der Waals surface area contributed by atoms with Crippen molar-refractivity contribution in [2.24, 2.45) is 5.92 Å². The Bertz CT molecular complexity index is 696. The molecule has 0 aliphatic carbocycles. The van der Waals surface area contributed by atoms with Crippen LogP contribution in [0.25, 0.3) is 0 Å². The Hall–Kier alpha value is -1.51. The number of hydrogen-bond donors (Lipinski definition) is 1. The van der Waals surface area contributed by atoms with Gasteiger partial charge in [0.1, 0.15) is 5.82 Å². The Morgan fingerprint density at radius 2 is 2.12 bits per heavy atom. The van der Waals surface area contributed by atoms with Crippen molar-refractivity contribution in [3.8, 4) is 0 Å². The SMILES string of the molecule is CN(Cc1ccccc1F)C(=O)CN1CCCC(CNS(C)(=O)=O)C1. The first-order valence-corrected chi connectivity index (χ1v) is 10.3. The maximum atomic E-state index is 13.7. The van der Waals surface area contributed by atoms with Gasteiger partial charge in [0, 0.05) is 32.2 Å². The molecule has 0 spiro atoms. The number of likely N-dealkylation sites (tertiary alicyclic amines) is 1. The lowest BCUT2D eigenvalue weighted by molar-refractivity contribution is -0.132. The van der Waals surface area contributed by atoms with Crippen LogP contribution >= 0.6 is 0 Å². The molecular formula is C17H26FN3O3S. The monoisotopic (exact) mass is 371 g/mol. The minimum absolute atomic E-state index is 0.0695. The van der Waals surface area contributed by atoms with Crippen molar-refractivity contribution >= 4 is 15.9 Å². The first-order chi connectivity index (χ1) is 11.7. The average Bonchev–Trinajstić information content (AvgIpc) is 2.55. The molecule has 1 atom stereocenters. The number of hydrogen-bond acceptors (Lipinski definition) is 4. The Morgan fingerprint density at radius 3 is 2.80 bits per heavy atom. The zero-order valence-electron chi connectivity index (χ0n) is 14.7. The molecule has 0 bridgehead atoms. The van der Waals surface area contributed by atoms with Crippen molar-refractivity contribution in [3.05, 3.63) is 35.6 Å². The number of benzene rings is 1. The van der Waals surface area contributed by atoms with Crippen LogP contribution in [0.4, 0.5) is 4.39 Å². The van der Waals surface area contributed by atoms with Crippen LogP contribution in [0.2, 0.25) is 0 Å². The molecule has 1 amide bonds. The fraction of sp³-hybridized carbons (Fsp3) is 0.588. The van der Waals surface area contributed by atoms with Crippen LogP contribution < -0.4 is 4.72 Å². The molecule has 1 aromatic carbocycles. The summed E-state index contributed by atoms with van der Waals surface area (Å²) in [5.74, 6) is -0.180. The van der Waals surface area contributed by atoms with E-state index in [2.05, 4.69) is 4.72 Å². The van der Waals surface area contributed by atoms with Gasteiger partial charge in [0.15, 0.2) is 0 Å². The van der Waals surface area contributed by atoms with E-state index in [9.17, 15) is 17.6 Å². The summed E-state index contributed by atoms with van der Waals surface area (Å²) in [4.78, 5) is 16.0. The van der Waals surface area contributed by atoms with E-state index in [0.29, 0.717) is 18.7 Å². The van der Waals surface area contributed by atoms with Crippen LogP contribution in [-0.4, -0.2) is 63.6 Å². The molecule has 1 saturated heterocycles. The zero-order chi connectivity index (χ0) is 18.4. The number of sulfonamides is 1. The topological polar surface area (TPSA) is 69.7 Å². The Labute approximate surface area is 149 Å². The van der Waals surface area contributed by atoms with Crippen molar-refractivity contribution in [2.75, 3.05) is 39.5 Å². The third-order valence-corrected chi connectivity index (χ3v) is 5.08. The van der Waals surface area contributed by atoms with E-state index in [4.69, 9.17) is 0 Å². The highest BCUT2D eigenvalue weighted by Gasteiger charge is 2.23. The highest BCUT2D eigenvalue weighted by atomic mass is 32.2. The minimum atomic E-state index is -3.20. The molecule has 0 aromatic heterocycles. The van der Waals surface area contributed by atoms with Crippen molar-refractivity contribution < 1.29 is 17.6 Å². The Balaban J connectivity index is 1.83. The second-order valence-corrected chi connectivity index (χ2v) is 8.54. The van der Waals surface area contributed by atoms with Gasteiger partial charge < -0.3 is 4.90 Å². The standard InChI is InChI=1S/C17H26FN3O3S/c1-20(12-15-7-3-4-8-16(15)18)17(22)13-21-9-5-6-14(11-21)10-19-25(2,23)24/h3-4,7-8,14,19H,5-6,9-13H2,1-2H3. The molecule has 1 aliphatic rings. The molecule has 1 unspecified atom stereocenters. The minimum Gasteiger partial charge on any atom is -0.340 e. The highest BCUT2D eigenvalue weighted by Crippen LogP contribution is 2.16. The van der Waals surface area contributed by atoms with Crippen LogP contribution in [0.5, 0.6) is 0 Å². The second kappa shape index (κ2) is 8.73. The number of amides is 1. The highest BCUT2D eigenvalue weighted by molar-refractivity contribution is 7.88. The second-order valence-electron chi connectivity index (χ2n) is 6.71. The van der Waals surface area contributed by atoms with E-state index in [0.717, 1.165) is 25.6 Å². The van der Waals surface area contributed by atoms with Crippen LogP contribution in [0.1, 0.15) is 18.4 Å². The third kappa shape index (κ3) is 6.72. The molecule has 0 saturated carbocycles. The summed E-state index contributed by atoms with van der Waals surface area (Å²) < 4.78 is 38.7. The molecule has 1 fully saturated rings.